The average molecular weight is 198 g/mol. The van der Waals surface area contributed by atoms with Gasteiger partial charge in [0.2, 0.25) is 0 Å². The average Bonchev–Trinajstić information content (AvgIpc) is 2.54. The number of nitrogens with zero attached hydrogens (tertiary/aromatic N) is 1. The van der Waals surface area contributed by atoms with E-state index in [1.165, 1.54) is 19.3 Å². The minimum absolute atomic E-state index is 0.622. The molecule has 0 bridgehead atoms. The fourth-order valence-corrected chi connectivity index (χ4v) is 2.48. The summed E-state index contributed by atoms with van der Waals surface area (Å²) in [5.74, 6) is 2.01. The molecule has 1 saturated carbocycles. The van der Waals surface area contributed by atoms with E-state index < -0.39 is 0 Å². The maximum Gasteiger partial charge on any atom is 0.0493 e. The number of rotatable bonds is 4. The van der Waals surface area contributed by atoms with Crippen LogP contribution < -0.4 is 5.73 Å². The van der Waals surface area contributed by atoms with E-state index in [1.54, 1.807) is 11.8 Å². The van der Waals surface area contributed by atoms with E-state index in [-0.39, 0.29) is 0 Å². The predicted octanol–water partition coefficient (Wildman–Crippen LogP) is 2.61. The van der Waals surface area contributed by atoms with Gasteiger partial charge in [0, 0.05) is 17.5 Å². The van der Waals surface area contributed by atoms with Crippen molar-refractivity contribution in [1.29, 1.82) is 0 Å². The molecule has 2 N–H and O–H groups in total. The molecule has 2 atom stereocenters. The Morgan fingerprint density at radius 3 is 2.92 bits per heavy atom. The Kier molecular flexibility index (Phi) is 4.53. The molecule has 1 aliphatic carbocycles. The summed E-state index contributed by atoms with van der Waals surface area (Å²) in [6.45, 7) is 5.92. The number of nitrogens with two attached hydrogens (primary N) is 1. The Morgan fingerprint density at radius 2 is 2.46 bits per heavy atom. The summed E-state index contributed by atoms with van der Waals surface area (Å²) in [6, 6.07) is 0. The van der Waals surface area contributed by atoms with Crippen molar-refractivity contribution in [2.24, 2.45) is 22.6 Å². The minimum atomic E-state index is 0.622. The number of hydrogen-bond acceptors (Lipinski definition) is 3. The van der Waals surface area contributed by atoms with E-state index in [9.17, 15) is 0 Å². The van der Waals surface area contributed by atoms with E-state index in [0.29, 0.717) is 11.8 Å². The molecule has 2 nitrogen and oxygen atoms in total. The van der Waals surface area contributed by atoms with Gasteiger partial charge in [-0.2, -0.15) is 0 Å². The zero-order valence-electron chi connectivity index (χ0n) is 8.20. The third kappa shape index (κ3) is 2.85. The Labute approximate surface area is 84.7 Å². The van der Waals surface area contributed by atoms with Crippen LogP contribution in [0, 0.1) is 11.8 Å². The molecule has 13 heavy (non-hydrogen) atoms. The van der Waals surface area contributed by atoms with Gasteiger partial charge in [-0.05, 0) is 24.5 Å². The van der Waals surface area contributed by atoms with Crippen LogP contribution in [0.3, 0.4) is 0 Å². The highest BCUT2D eigenvalue weighted by Crippen LogP contribution is 2.37. The van der Waals surface area contributed by atoms with Crippen molar-refractivity contribution in [1.82, 2.24) is 0 Å². The highest BCUT2D eigenvalue weighted by atomic mass is 32.2. The van der Waals surface area contributed by atoms with Crippen molar-refractivity contribution in [3.63, 3.8) is 0 Å². The van der Waals surface area contributed by atoms with Crippen molar-refractivity contribution in [2.45, 2.75) is 26.2 Å². The maximum absolute atomic E-state index is 5.42. The molecule has 0 radical (unpaired) electrons. The molecule has 74 valence electrons. The maximum atomic E-state index is 5.42. The normalized spacial score (nSPS) is 29.2. The van der Waals surface area contributed by atoms with Gasteiger partial charge in [0.1, 0.15) is 0 Å². The summed E-state index contributed by atoms with van der Waals surface area (Å²) < 4.78 is 0. The zero-order chi connectivity index (χ0) is 9.68. The third-order valence-electron chi connectivity index (χ3n) is 2.72. The second-order valence-corrected chi connectivity index (χ2v) is 4.45. The topological polar surface area (TPSA) is 38.4 Å². The largest absolute Gasteiger partial charge is 0.322 e. The summed E-state index contributed by atoms with van der Waals surface area (Å²) in [5.41, 5.74) is 6.56. The van der Waals surface area contributed by atoms with Crippen LogP contribution in [0.1, 0.15) is 26.2 Å². The first-order valence-corrected chi connectivity index (χ1v) is 5.83. The molecular weight excluding hydrogens is 180 g/mol. The van der Waals surface area contributed by atoms with Gasteiger partial charge in [-0.3, -0.25) is 4.99 Å². The molecule has 3 heteroatoms. The van der Waals surface area contributed by atoms with Crippen LogP contribution in [-0.4, -0.2) is 12.6 Å². The number of thioether (sulfide) groups is 1. The summed E-state index contributed by atoms with van der Waals surface area (Å²) in [5, 5.41) is 2.07. The van der Waals surface area contributed by atoms with Crippen molar-refractivity contribution in [3.05, 3.63) is 11.1 Å². The van der Waals surface area contributed by atoms with Crippen molar-refractivity contribution in [2.75, 3.05) is 5.88 Å². The molecule has 0 aromatic rings. The third-order valence-corrected chi connectivity index (χ3v) is 3.32. The second-order valence-electron chi connectivity index (χ2n) is 3.55. The standard InChI is InChI=1S/C10H18N2S/c1-8-4-3-5-9(8)10(12-2)6-13-7-11/h6,8-9H,2-5,7,11H2,1H3/b10-6-. The van der Waals surface area contributed by atoms with Gasteiger partial charge >= 0.3 is 0 Å². The minimum Gasteiger partial charge on any atom is -0.322 e. The summed E-state index contributed by atoms with van der Waals surface area (Å²) >= 11 is 1.61. The van der Waals surface area contributed by atoms with E-state index in [4.69, 9.17) is 5.73 Å². The van der Waals surface area contributed by atoms with Crippen LogP contribution in [0.15, 0.2) is 16.1 Å². The quantitative estimate of drug-likeness (QED) is 0.557. The number of allylic oxidation sites excluding steroid dienone is 1. The number of aliphatic imine (C=N–C) groups is 1. The van der Waals surface area contributed by atoms with Crippen LogP contribution >= 0.6 is 11.8 Å². The number of hydrogen-bond donors (Lipinski definition) is 1. The highest BCUT2D eigenvalue weighted by Gasteiger charge is 2.26. The van der Waals surface area contributed by atoms with Gasteiger partial charge in [-0.25, -0.2) is 0 Å². The molecule has 2 unspecified atom stereocenters. The van der Waals surface area contributed by atoms with Crippen molar-refractivity contribution in [3.8, 4) is 0 Å². The molecule has 1 aliphatic rings. The van der Waals surface area contributed by atoms with Gasteiger partial charge in [-0.1, -0.05) is 19.8 Å². The molecule has 0 aromatic carbocycles. The second kappa shape index (κ2) is 5.45. The highest BCUT2D eigenvalue weighted by molar-refractivity contribution is 8.02. The van der Waals surface area contributed by atoms with Gasteiger partial charge in [0.05, 0.1) is 0 Å². The van der Waals surface area contributed by atoms with Gasteiger partial charge in [0.25, 0.3) is 0 Å². The first kappa shape index (κ1) is 10.8. The SMILES string of the molecule is C=N/C(=C\SCN)C1CCCC1C. The summed E-state index contributed by atoms with van der Waals surface area (Å²) in [4.78, 5) is 4.09. The van der Waals surface area contributed by atoms with E-state index in [2.05, 4.69) is 24.0 Å². The monoisotopic (exact) mass is 198 g/mol. The lowest BCUT2D eigenvalue weighted by molar-refractivity contribution is 0.478. The molecule has 1 fully saturated rings. The van der Waals surface area contributed by atoms with E-state index in [0.717, 1.165) is 11.6 Å². The zero-order valence-corrected chi connectivity index (χ0v) is 9.02. The lowest BCUT2D eigenvalue weighted by Crippen LogP contribution is -2.05. The lowest BCUT2D eigenvalue weighted by Gasteiger charge is -2.15. The van der Waals surface area contributed by atoms with Gasteiger partial charge < -0.3 is 5.73 Å². The summed E-state index contributed by atoms with van der Waals surface area (Å²) in [6.07, 6.45) is 3.91. The van der Waals surface area contributed by atoms with Crippen molar-refractivity contribution < 1.29 is 0 Å². The molecule has 0 saturated heterocycles. The fourth-order valence-electron chi connectivity index (χ4n) is 1.96. The molecule has 0 spiro atoms. The van der Waals surface area contributed by atoms with Crippen molar-refractivity contribution >= 4 is 18.5 Å². The Morgan fingerprint density at radius 1 is 1.69 bits per heavy atom. The van der Waals surface area contributed by atoms with Crippen LogP contribution in [0.4, 0.5) is 0 Å². The molecule has 0 amide bonds. The summed E-state index contributed by atoms with van der Waals surface area (Å²) in [7, 11) is 0. The molecule has 1 rings (SSSR count). The van der Waals surface area contributed by atoms with Gasteiger partial charge in [0.15, 0.2) is 0 Å². The van der Waals surface area contributed by atoms with Crippen LogP contribution in [0.25, 0.3) is 0 Å². The fraction of sp³-hybridized carbons (Fsp3) is 0.700. The molecule has 0 aliphatic heterocycles. The Balaban J connectivity index is 2.59. The molecule has 0 heterocycles. The Bertz CT molecular complexity index is 201. The first-order valence-electron chi connectivity index (χ1n) is 4.78. The lowest BCUT2D eigenvalue weighted by atomic mass is 9.96. The predicted molar refractivity (Wildman–Crippen MR) is 60.8 cm³/mol. The first-order chi connectivity index (χ1) is 6.29. The van der Waals surface area contributed by atoms with Crippen LogP contribution in [0.5, 0.6) is 0 Å². The molecule has 0 aromatic heterocycles. The van der Waals surface area contributed by atoms with Crippen LogP contribution in [0.2, 0.25) is 0 Å². The smallest absolute Gasteiger partial charge is 0.0493 e. The van der Waals surface area contributed by atoms with E-state index in [1.807, 2.05) is 0 Å². The Hall–Kier alpha value is -0.280. The molecular formula is C10H18N2S. The van der Waals surface area contributed by atoms with E-state index >= 15 is 0 Å². The van der Waals surface area contributed by atoms with Crippen LogP contribution in [-0.2, 0) is 0 Å². The van der Waals surface area contributed by atoms with Gasteiger partial charge in [-0.15, -0.1) is 11.8 Å².